The van der Waals surface area contributed by atoms with Crippen LogP contribution in [0.2, 0.25) is 5.02 Å². The van der Waals surface area contributed by atoms with Crippen LogP contribution in [0.25, 0.3) is 22.0 Å². The van der Waals surface area contributed by atoms with Crippen molar-refractivity contribution >= 4 is 67.9 Å². The van der Waals surface area contributed by atoms with Gasteiger partial charge in [-0.2, -0.15) is 49.6 Å². The zero-order chi connectivity index (χ0) is 55.9. The minimum atomic E-state index is -5.25. The van der Waals surface area contributed by atoms with E-state index in [0.717, 1.165) is 49.6 Å². The maximum Gasteiger partial charge on any atom is 0.469 e. The number of sulfone groups is 1. The molecule has 5 aromatic rings. The smallest absolute Gasteiger partial charge is 0.346 e. The third-order valence-corrected chi connectivity index (χ3v) is 15.8. The van der Waals surface area contributed by atoms with E-state index in [4.69, 9.17) is 11.6 Å². The summed E-state index contributed by atoms with van der Waals surface area (Å²) < 4.78 is 213. The van der Waals surface area contributed by atoms with Crippen LogP contribution in [0.1, 0.15) is 73.1 Å². The topological polar surface area (TPSA) is 245 Å². The van der Waals surface area contributed by atoms with Crippen molar-refractivity contribution < 1.29 is 89.2 Å². The van der Waals surface area contributed by atoms with Crippen molar-refractivity contribution in [3.05, 3.63) is 93.0 Å². The first-order chi connectivity index (χ1) is 34.3. The molecule has 1 fully saturated rings. The lowest BCUT2D eigenvalue weighted by atomic mass is 9.93. The van der Waals surface area contributed by atoms with Gasteiger partial charge in [-0.1, -0.05) is 23.6 Å². The number of phosphoric acid groups is 1. The first kappa shape index (κ1) is 56.9. The fourth-order valence-electron chi connectivity index (χ4n) is 8.38. The summed E-state index contributed by atoms with van der Waals surface area (Å²) in [5.74, 6) is -6.37. The molecule has 18 nitrogen and oxygen atoms in total. The number of nitrogens with one attached hydrogen (secondary N) is 2. The zero-order valence-corrected chi connectivity index (χ0v) is 42.4. The molecule has 2 aromatic carbocycles. The van der Waals surface area contributed by atoms with Gasteiger partial charge in [-0.05, 0) is 81.3 Å². The van der Waals surface area contributed by atoms with Gasteiger partial charge >= 0.3 is 26.2 Å². The summed E-state index contributed by atoms with van der Waals surface area (Å²) >= 11 is 6.60. The standard InChI is InChI=1S/C43H40ClF10N8O10PS2/c1-20(72-73(65,66)67)17-55-39(64)62(75(5,70)71)38-33-29(44)9-8-26(35(33)61(59-38)19-41(47,48)49)25-7-6-24(10-11-40(2,3)74(4,68)69)56-34(25)30(14-21-12-22(45)15-23(46)13-21)57-31(63)18-60-37-32(36(58-60)43(52,53)54)27-16-28(27)42(37,50)51/h6-9,12-13,15,20,27-28,30H,14,16-19H2,1-5H3,(H,55,64)(H,57,63)(H2,65,66,67)/t20-,27-,28+,30-/m0/s1. The molecular formula is C43H40ClF10N8O10PS2. The molecule has 4 atom stereocenters. The molecule has 3 aromatic heterocycles. The third-order valence-electron chi connectivity index (χ3n) is 11.9. The maximum absolute atomic E-state index is 15.6. The molecule has 1 saturated carbocycles. The number of pyridine rings is 1. The molecule has 0 radical (unpaired) electrons. The molecule has 4 N–H and O–H groups in total. The predicted molar refractivity (Wildman–Crippen MR) is 246 cm³/mol. The van der Waals surface area contributed by atoms with Crippen LogP contribution in [0.5, 0.6) is 0 Å². The Bertz CT molecular complexity index is 3480. The lowest BCUT2D eigenvalue weighted by molar-refractivity contribution is -0.143. The van der Waals surface area contributed by atoms with Gasteiger partial charge in [0.2, 0.25) is 15.9 Å². The minimum absolute atomic E-state index is 0.117. The van der Waals surface area contributed by atoms with Crippen LogP contribution in [0, 0.1) is 29.4 Å². The molecule has 0 spiro atoms. The second kappa shape index (κ2) is 19.6. The van der Waals surface area contributed by atoms with E-state index in [1.54, 1.807) is 0 Å². The average Bonchev–Trinajstić information content (AvgIpc) is 3.75. The molecule has 32 heteroatoms. The monoisotopic (exact) mass is 1150 g/mol. The van der Waals surface area contributed by atoms with E-state index >= 15 is 8.78 Å². The number of aromatic nitrogens is 5. The summed E-state index contributed by atoms with van der Waals surface area (Å²) in [6.07, 6.45) is -11.7. The van der Waals surface area contributed by atoms with Crippen molar-refractivity contribution in [3.63, 3.8) is 0 Å². The number of benzene rings is 2. The second-order valence-corrected chi connectivity index (χ2v) is 24.1. The maximum atomic E-state index is 15.6. The second-order valence-electron chi connectivity index (χ2n) is 18.1. The summed E-state index contributed by atoms with van der Waals surface area (Å²) in [6, 6.07) is 2.77. The third kappa shape index (κ3) is 12.2. The number of phosphoric ester groups is 1. The largest absolute Gasteiger partial charge is 0.469 e. The average molecular weight is 1150 g/mol. The SMILES string of the molecule is C[C@@H](CNC(=O)N(c1nn(CC(F)(F)F)c2c(-c3ccc(C#CC(C)(C)S(C)(=O)=O)nc3[C@H](Cc3cc(F)cc(F)c3)NC(=O)Cn3nc(C(F)(F)F)c4c3C(F)(F)[C@@H]3C[C@H]43)ccc(Cl)c12)S(C)(=O)=O)OP(=O)(O)O. The van der Waals surface area contributed by atoms with Gasteiger partial charge in [-0.15, -0.1) is 0 Å². The van der Waals surface area contributed by atoms with Gasteiger partial charge in [0.25, 0.3) is 5.92 Å². The number of alkyl halides is 8. The van der Waals surface area contributed by atoms with Crippen LogP contribution in [-0.4, -0.2) is 99.2 Å². The highest BCUT2D eigenvalue weighted by Gasteiger charge is 2.68. The molecule has 0 bridgehead atoms. The van der Waals surface area contributed by atoms with Crippen LogP contribution in [0.4, 0.5) is 54.5 Å². The van der Waals surface area contributed by atoms with Crippen molar-refractivity contribution in [2.75, 3.05) is 23.4 Å². The van der Waals surface area contributed by atoms with E-state index in [1.165, 1.54) is 13.8 Å². The Balaban J connectivity index is 1.47. The van der Waals surface area contributed by atoms with Gasteiger partial charge in [0.15, 0.2) is 21.3 Å². The molecule has 2 aliphatic rings. The van der Waals surface area contributed by atoms with Gasteiger partial charge in [0.1, 0.15) is 40.9 Å². The predicted octanol–water partition coefficient (Wildman–Crippen LogP) is 7.26. The van der Waals surface area contributed by atoms with E-state index in [-0.39, 0.29) is 36.9 Å². The van der Waals surface area contributed by atoms with Crippen molar-refractivity contribution in [2.24, 2.45) is 5.92 Å². The van der Waals surface area contributed by atoms with Gasteiger partial charge in [0.05, 0.1) is 40.0 Å². The number of carbonyl (C=O) groups excluding carboxylic acids is 2. The Morgan fingerprint density at radius 3 is 2.19 bits per heavy atom. The molecule has 0 unspecified atom stereocenters. The van der Waals surface area contributed by atoms with Crippen molar-refractivity contribution in [1.82, 2.24) is 35.2 Å². The van der Waals surface area contributed by atoms with E-state index in [1.807, 2.05) is 5.32 Å². The number of rotatable bonds is 15. The highest BCUT2D eigenvalue weighted by molar-refractivity contribution is 7.93. The number of sulfonamides is 1. The summed E-state index contributed by atoms with van der Waals surface area (Å²) in [5, 5.41) is 10.4. The lowest BCUT2D eigenvalue weighted by Gasteiger charge is -2.23. The fourth-order valence-corrected chi connectivity index (χ4v) is 10.2. The molecule has 3 amide bonds. The molecule has 75 heavy (non-hydrogen) atoms. The molecule has 0 aliphatic heterocycles. The number of hydrogen-bond donors (Lipinski definition) is 4. The Labute approximate surface area is 424 Å². The molecule has 7 rings (SSSR count). The quantitative estimate of drug-likeness (QED) is 0.0459. The summed E-state index contributed by atoms with van der Waals surface area (Å²) in [6.45, 7) is -0.714. The van der Waals surface area contributed by atoms with Gasteiger partial charge in [0, 0.05) is 41.5 Å². The summed E-state index contributed by atoms with van der Waals surface area (Å²) in [5.41, 5.74) is -6.32. The Morgan fingerprint density at radius 1 is 0.987 bits per heavy atom. The number of nitrogens with zero attached hydrogens (tertiary/aromatic N) is 6. The van der Waals surface area contributed by atoms with Crippen LogP contribution in [-0.2, 0) is 65.4 Å². The Hall–Kier alpha value is -5.83. The molecule has 0 saturated heterocycles. The zero-order valence-electron chi connectivity index (χ0n) is 39.2. The molecule has 2 aliphatic carbocycles. The first-order valence-corrected chi connectivity index (χ1v) is 27.2. The number of halogens is 11. The van der Waals surface area contributed by atoms with Crippen molar-refractivity contribution in [2.45, 2.75) is 87.8 Å². The normalized spacial score (nSPS) is 17.4. The van der Waals surface area contributed by atoms with Crippen LogP contribution in [0.15, 0.2) is 42.5 Å². The number of urea groups is 1. The van der Waals surface area contributed by atoms with Crippen molar-refractivity contribution in [1.29, 1.82) is 0 Å². The Morgan fingerprint density at radius 2 is 1.61 bits per heavy atom. The number of anilines is 1. The number of fused-ring (bicyclic) bond motifs is 4. The number of carbonyl (C=O) groups is 2. The van der Waals surface area contributed by atoms with Gasteiger partial charge < -0.3 is 20.4 Å². The van der Waals surface area contributed by atoms with Crippen LogP contribution in [0.3, 0.4) is 0 Å². The highest BCUT2D eigenvalue weighted by Crippen LogP contribution is 2.68. The van der Waals surface area contributed by atoms with Gasteiger partial charge in [-0.25, -0.2) is 40.0 Å². The van der Waals surface area contributed by atoms with E-state index < -0.39 is 174 Å². The summed E-state index contributed by atoms with van der Waals surface area (Å²) in [7, 11) is -14.1. The lowest BCUT2D eigenvalue weighted by Crippen LogP contribution is -2.46. The van der Waals surface area contributed by atoms with Crippen LogP contribution < -0.4 is 14.9 Å². The number of hydrogen-bond acceptors (Lipinski definition) is 11. The molecule has 3 heterocycles. The fraction of sp³-hybridized carbons (Fsp3) is 0.419. The molecule has 406 valence electrons. The van der Waals surface area contributed by atoms with E-state index in [2.05, 4.69) is 36.9 Å². The minimum Gasteiger partial charge on any atom is -0.346 e. The highest BCUT2D eigenvalue weighted by atomic mass is 35.5. The number of amides is 3. The van der Waals surface area contributed by atoms with Crippen LogP contribution >= 0.6 is 19.4 Å². The van der Waals surface area contributed by atoms with E-state index in [0.29, 0.717) is 12.3 Å². The van der Waals surface area contributed by atoms with E-state index in [9.17, 15) is 75.9 Å². The summed E-state index contributed by atoms with van der Waals surface area (Å²) in [4.78, 5) is 50.7. The van der Waals surface area contributed by atoms with Crippen molar-refractivity contribution in [3.8, 4) is 23.0 Å². The Kier molecular flexibility index (Phi) is 14.9. The molecular weight excluding hydrogens is 1110 g/mol. The first-order valence-electron chi connectivity index (χ1n) is 21.6. The van der Waals surface area contributed by atoms with Gasteiger partial charge in [-0.3, -0.25) is 18.7 Å².